The van der Waals surface area contributed by atoms with Crippen LogP contribution in [0.1, 0.15) is 17.3 Å². The van der Waals surface area contributed by atoms with Crippen LogP contribution in [0.2, 0.25) is 0 Å². The van der Waals surface area contributed by atoms with Gasteiger partial charge in [0.1, 0.15) is 12.4 Å². The van der Waals surface area contributed by atoms with Crippen LogP contribution in [-0.4, -0.2) is 12.5 Å². The van der Waals surface area contributed by atoms with Gasteiger partial charge in [0.15, 0.2) is 0 Å². The van der Waals surface area contributed by atoms with Crippen molar-refractivity contribution in [2.24, 2.45) is 0 Å². The van der Waals surface area contributed by atoms with Crippen molar-refractivity contribution >= 4 is 27.5 Å². The predicted molar refractivity (Wildman–Crippen MR) is 88.8 cm³/mol. The molecule has 108 valence electrons. The highest BCUT2D eigenvalue weighted by Gasteiger charge is 2.12. The van der Waals surface area contributed by atoms with Gasteiger partial charge in [-0.25, -0.2) is 0 Å². The second-order valence-electron chi connectivity index (χ2n) is 4.68. The van der Waals surface area contributed by atoms with E-state index in [1.54, 1.807) is 6.07 Å². The summed E-state index contributed by atoms with van der Waals surface area (Å²) in [5.74, 6) is 0.440. The van der Waals surface area contributed by atoms with Gasteiger partial charge in [-0.3, -0.25) is 4.79 Å². The number of benzene rings is 2. The summed E-state index contributed by atoms with van der Waals surface area (Å²) in [4.78, 5) is 12.3. The molecule has 3 nitrogen and oxygen atoms in total. The average molecular weight is 346 g/mol. The Morgan fingerprint density at radius 1 is 1.19 bits per heavy atom. The largest absolute Gasteiger partial charge is 0.487 e. The number of nitrogens with one attached hydrogen (secondary N) is 1. The number of halogens is 1. The molecule has 0 radical (unpaired) electrons. The van der Waals surface area contributed by atoms with Crippen molar-refractivity contribution in [3.63, 3.8) is 0 Å². The summed E-state index contributed by atoms with van der Waals surface area (Å²) >= 11 is 3.37. The minimum atomic E-state index is -0.186. The number of rotatable bonds is 5. The lowest BCUT2D eigenvalue weighted by Gasteiger charge is -2.13. The van der Waals surface area contributed by atoms with Crippen molar-refractivity contribution in [2.45, 2.75) is 6.92 Å². The molecule has 0 fully saturated rings. The van der Waals surface area contributed by atoms with E-state index >= 15 is 0 Å². The van der Waals surface area contributed by atoms with Gasteiger partial charge < -0.3 is 10.1 Å². The second-order valence-corrected chi connectivity index (χ2v) is 5.53. The van der Waals surface area contributed by atoms with Crippen molar-refractivity contribution in [1.29, 1.82) is 0 Å². The highest BCUT2D eigenvalue weighted by atomic mass is 79.9. The predicted octanol–water partition coefficient (Wildman–Crippen LogP) is 4.66. The smallest absolute Gasteiger partial charge is 0.256 e. The number of anilines is 1. The van der Waals surface area contributed by atoms with E-state index in [0.29, 0.717) is 23.6 Å². The van der Waals surface area contributed by atoms with Crippen LogP contribution in [0.5, 0.6) is 5.75 Å². The summed E-state index contributed by atoms with van der Waals surface area (Å²) in [7, 11) is 0. The van der Waals surface area contributed by atoms with Crippen LogP contribution in [0.25, 0.3) is 0 Å². The molecular weight excluding hydrogens is 330 g/mol. The van der Waals surface area contributed by atoms with Crippen LogP contribution in [-0.2, 0) is 0 Å². The Morgan fingerprint density at radius 3 is 2.57 bits per heavy atom. The van der Waals surface area contributed by atoms with E-state index in [1.807, 2.05) is 49.4 Å². The Bertz CT molecular complexity index is 667. The lowest BCUT2D eigenvalue weighted by atomic mass is 10.2. The summed E-state index contributed by atoms with van der Waals surface area (Å²) in [6.07, 6.45) is 0. The van der Waals surface area contributed by atoms with Crippen molar-refractivity contribution in [3.8, 4) is 5.75 Å². The van der Waals surface area contributed by atoms with Gasteiger partial charge in [0.25, 0.3) is 5.91 Å². The zero-order valence-corrected chi connectivity index (χ0v) is 13.3. The summed E-state index contributed by atoms with van der Waals surface area (Å²) in [6.45, 7) is 6.11. The number of carbonyl (C=O) groups is 1. The number of carbonyl (C=O) groups excluding carboxylic acids is 1. The first kappa shape index (κ1) is 15.3. The fourth-order valence-electron chi connectivity index (χ4n) is 1.73. The highest BCUT2D eigenvalue weighted by Crippen LogP contribution is 2.26. The molecule has 21 heavy (non-hydrogen) atoms. The van der Waals surface area contributed by atoms with Crippen molar-refractivity contribution in [3.05, 3.63) is 70.7 Å². The molecular formula is C17H16BrNO2. The van der Waals surface area contributed by atoms with E-state index in [9.17, 15) is 4.79 Å². The SMILES string of the molecule is C=C(C)COc1ccccc1NC(=O)c1ccccc1Br. The standard InChI is InChI=1S/C17H16BrNO2/c1-12(2)11-21-16-10-6-5-9-15(16)19-17(20)13-7-3-4-8-14(13)18/h3-10H,1,11H2,2H3,(H,19,20). The Kier molecular flexibility index (Phi) is 5.17. The minimum Gasteiger partial charge on any atom is -0.487 e. The minimum absolute atomic E-state index is 0.186. The van der Waals surface area contributed by atoms with Crippen molar-refractivity contribution < 1.29 is 9.53 Å². The lowest BCUT2D eigenvalue weighted by Crippen LogP contribution is -2.13. The molecule has 0 heterocycles. The monoisotopic (exact) mass is 345 g/mol. The number of para-hydroxylation sites is 2. The van der Waals surface area contributed by atoms with E-state index in [2.05, 4.69) is 27.8 Å². The van der Waals surface area contributed by atoms with Crippen molar-refractivity contribution in [1.82, 2.24) is 0 Å². The van der Waals surface area contributed by atoms with Gasteiger partial charge in [0.05, 0.1) is 11.3 Å². The summed E-state index contributed by atoms with van der Waals surface area (Å²) in [5, 5.41) is 2.87. The molecule has 0 saturated heterocycles. The Labute approximate surface area is 132 Å². The molecule has 0 aliphatic heterocycles. The number of amides is 1. The van der Waals surface area contributed by atoms with Crippen LogP contribution in [0, 0.1) is 0 Å². The molecule has 2 rings (SSSR count). The second kappa shape index (κ2) is 7.09. The third kappa shape index (κ3) is 4.20. The van der Waals surface area contributed by atoms with Crippen LogP contribution >= 0.6 is 15.9 Å². The molecule has 0 bridgehead atoms. The maximum Gasteiger partial charge on any atom is 0.256 e. The molecule has 0 aliphatic carbocycles. The lowest BCUT2D eigenvalue weighted by molar-refractivity contribution is 0.102. The maximum absolute atomic E-state index is 12.3. The van der Waals surface area contributed by atoms with Crippen LogP contribution in [0.15, 0.2) is 65.2 Å². The van der Waals surface area contributed by atoms with Crippen molar-refractivity contribution in [2.75, 3.05) is 11.9 Å². The fraction of sp³-hybridized carbons (Fsp3) is 0.118. The summed E-state index contributed by atoms with van der Waals surface area (Å²) in [5.41, 5.74) is 2.13. The van der Waals surface area contributed by atoms with Gasteiger partial charge in [-0.1, -0.05) is 30.8 Å². The molecule has 0 atom stereocenters. The fourth-order valence-corrected chi connectivity index (χ4v) is 2.20. The number of ether oxygens (including phenoxy) is 1. The van der Waals surface area contributed by atoms with E-state index in [4.69, 9.17) is 4.74 Å². The summed E-state index contributed by atoms with van der Waals surface area (Å²) < 4.78 is 6.39. The van der Waals surface area contributed by atoms with Gasteiger partial charge in [-0.05, 0) is 52.7 Å². The van der Waals surface area contributed by atoms with Gasteiger partial charge in [0, 0.05) is 4.47 Å². The van der Waals surface area contributed by atoms with Gasteiger partial charge in [-0.2, -0.15) is 0 Å². The molecule has 4 heteroatoms. The topological polar surface area (TPSA) is 38.3 Å². The zero-order chi connectivity index (χ0) is 15.2. The Hall–Kier alpha value is -2.07. The molecule has 0 aromatic heterocycles. The Morgan fingerprint density at radius 2 is 1.86 bits per heavy atom. The molecule has 2 aromatic carbocycles. The maximum atomic E-state index is 12.3. The number of hydrogen-bond acceptors (Lipinski definition) is 2. The molecule has 1 N–H and O–H groups in total. The van der Waals surface area contributed by atoms with E-state index in [1.165, 1.54) is 0 Å². The number of hydrogen-bond donors (Lipinski definition) is 1. The molecule has 0 unspecified atom stereocenters. The highest BCUT2D eigenvalue weighted by molar-refractivity contribution is 9.10. The quantitative estimate of drug-likeness (QED) is 0.800. The van der Waals surface area contributed by atoms with E-state index < -0.39 is 0 Å². The third-order valence-electron chi connectivity index (χ3n) is 2.73. The van der Waals surface area contributed by atoms with Crippen LogP contribution < -0.4 is 10.1 Å². The Balaban J connectivity index is 2.18. The normalized spacial score (nSPS) is 10.0. The summed E-state index contributed by atoms with van der Waals surface area (Å²) in [6, 6.07) is 14.6. The molecule has 1 amide bonds. The van der Waals surface area contributed by atoms with Crippen LogP contribution in [0.4, 0.5) is 5.69 Å². The van der Waals surface area contributed by atoms with Crippen LogP contribution in [0.3, 0.4) is 0 Å². The third-order valence-corrected chi connectivity index (χ3v) is 3.42. The molecule has 2 aromatic rings. The zero-order valence-electron chi connectivity index (χ0n) is 11.7. The molecule has 0 spiro atoms. The van der Waals surface area contributed by atoms with E-state index in [-0.39, 0.29) is 5.91 Å². The first-order valence-electron chi connectivity index (χ1n) is 6.50. The first-order chi connectivity index (χ1) is 10.1. The first-order valence-corrected chi connectivity index (χ1v) is 7.29. The van der Waals surface area contributed by atoms with E-state index in [0.717, 1.165) is 10.0 Å². The van der Waals surface area contributed by atoms with Gasteiger partial charge >= 0.3 is 0 Å². The average Bonchev–Trinajstić information content (AvgIpc) is 2.46. The van der Waals surface area contributed by atoms with Gasteiger partial charge in [0.2, 0.25) is 0 Å². The molecule has 0 aliphatic rings. The molecule has 0 saturated carbocycles. The van der Waals surface area contributed by atoms with Gasteiger partial charge in [-0.15, -0.1) is 0 Å².